The van der Waals surface area contributed by atoms with Crippen LogP contribution in [-0.4, -0.2) is 40.5 Å². The van der Waals surface area contributed by atoms with E-state index in [1.807, 2.05) is 19.2 Å². The number of nitrogens with zero attached hydrogens (tertiary/aromatic N) is 3. The second-order valence-corrected chi connectivity index (χ2v) is 5.23. The lowest BCUT2D eigenvalue weighted by atomic mass is 10.1. The fraction of sp³-hybridized carbons (Fsp3) is 0.692. The molecule has 3 rings (SSSR count). The minimum Gasteiger partial charge on any atom is -0.311 e. The first-order valence-electron chi connectivity index (χ1n) is 6.55. The molecule has 2 heterocycles. The van der Waals surface area contributed by atoms with E-state index in [1.165, 1.54) is 19.4 Å². The van der Waals surface area contributed by atoms with Gasteiger partial charge in [-0.05, 0) is 31.7 Å². The highest BCUT2D eigenvalue weighted by Gasteiger charge is 2.33. The Morgan fingerprint density at radius 2 is 2.35 bits per heavy atom. The average molecular weight is 232 g/mol. The molecule has 17 heavy (non-hydrogen) atoms. The van der Waals surface area contributed by atoms with E-state index in [-0.39, 0.29) is 0 Å². The highest BCUT2D eigenvalue weighted by atomic mass is 15.2. The largest absolute Gasteiger partial charge is 0.311 e. The Kier molecular flexibility index (Phi) is 3.07. The summed E-state index contributed by atoms with van der Waals surface area (Å²) in [4.78, 5) is 11.1. The molecule has 0 radical (unpaired) electrons. The van der Waals surface area contributed by atoms with Crippen LogP contribution in [0.2, 0.25) is 0 Å². The summed E-state index contributed by atoms with van der Waals surface area (Å²) in [5.74, 6) is 1.81. The molecule has 1 unspecified atom stereocenters. The van der Waals surface area contributed by atoms with Crippen LogP contribution in [0.15, 0.2) is 12.3 Å². The van der Waals surface area contributed by atoms with Gasteiger partial charge in [-0.3, -0.25) is 4.90 Å². The first-order valence-corrected chi connectivity index (χ1v) is 6.55. The van der Waals surface area contributed by atoms with Gasteiger partial charge in [-0.25, -0.2) is 9.97 Å². The Balaban J connectivity index is 1.60. The maximum Gasteiger partial charge on any atom is 0.125 e. The van der Waals surface area contributed by atoms with Gasteiger partial charge in [0.25, 0.3) is 0 Å². The number of aromatic nitrogens is 2. The molecular weight excluding hydrogens is 212 g/mol. The number of rotatable bonds is 3. The van der Waals surface area contributed by atoms with Gasteiger partial charge in [-0.1, -0.05) is 0 Å². The highest BCUT2D eigenvalue weighted by molar-refractivity contribution is 5.02. The average Bonchev–Trinajstić information content (AvgIpc) is 3.13. The van der Waals surface area contributed by atoms with Crippen molar-refractivity contribution >= 4 is 0 Å². The number of hydrogen-bond donors (Lipinski definition) is 1. The fourth-order valence-electron chi connectivity index (χ4n) is 2.62. The van der Waals surface area contributed by atoms with Gasteiger partial charge < -0.3 is 5.32 Å². The van der Waals surface area contributed by atoms with E-state index in [0.717, 1.165) is 37.1 Å². The van der Waals surface area contributed by atoms with Crippen LogP contribution < -0.4 is 5.32 Å². The molecule has 1 saturated heterocycles. The molecule has 0 amide bonds. The first-order chi connectivity index (χ1) is 8.31. The molecule has 4 nitrogen and oxygen atoms in total. The number of piperazine rings is 1. The molecule has 1 aliphatic heterocycles. The molecule has 1 aromatic heterocycles. The molecule has 0 aromatic carbocycles. The maximum absolute atomic E-state index is 4.48. The Hall–Kier alpha value is -1.00. The summed E-state index contributed by atoms with van der Waals surface area (Å²) in [7, 11) is 0. The predicted molar refractivity (Wildman–Crippen MR) is 66.6 cm³/mol. The van der Waals surface area contributed by atoms with Gasteiger partial charge in [0.1, 0.15) is 5.82 Å². The van der Waals surface area contributed by atoms with Crippen molar-refractivity contribution in [3.8, 4) is 0 Å². The van der Waals surface area contributed by atoms with Crippen molar-refractivity contribution in [3.63, 3.8) is 0 Å². The van der Waals surface area contributed by atoms with Crippen molar-refractivity contribution in [2.75, 3.05) is 19.6 Å². The third-order valence-corrected chi connectivity index (χ3v) is 3.70. The number of hydrogen-bond acceptors (Lipinski definition) is 4. The smallest absolute Gasteiger partial charge is 0.125 e. The summed E-state index contributed by atoms with van der Waals surface area (Å²) in [5.41, 5.74) is 1.15. The zero-order valence-electron chi connectivity index (χ0n) is 10.4. The van der Waals surface area contributed by atoms with Gasteiger partial charge in [0.2, 0.25) is 0 Å². The monoisotopic (exact) mass is 232 g/mol. The third kappa shape index (κ3) is 2.82. The van der Waals surface area contributed by atoms with Gasteiger partial charge in [0.05, 0.1) is 5.69 Å². The van der Waals surface area contributed by atoms with Crippen LogP contribution in [0.1, 0.15) is 24.4 Å². The standard InChI is InChI=1S/C13H20N4/c1-10-14-5-4-12(16-10)8-17-7-6-15-13(9-17)11-2-3-11/h4-5,11,13,15H,2-3,6-9H2,1H3. The normalized spacial score (nSPS) is 26.1. The second kappa shape index (κ2) is 4.70. The van der Waals surface area contributed by atoms with Gasteiger partial charge in [0, 0.05) is 38.4 Å². The molecule has 0 spiro atoms. The SMILES string of the molecule is Cc1nccc(CN2CCNC(C3CC3)C2)n1. The van der Waals surface area contributed by atoms with Crippen molar-refractivity contribution in [1.29, 1.82) is 0 Å². The van der Waals surface area contributed by atoms with E-state index in [9.17, 15) is 0 Å². The topological polar surface area (TPSA) is 41.1 Å². The maximum atomic E-state index is 4.48. The van der Waals surface area contributed by atoms with E-state index in [1.54, 1.807) is 0 Å². The number of nitrogens with one attached hydrogen (secondary N) is 1. The van der Waals surface area contributed by atoms with Crippen LogP contribution in [0.4, 0.5) is 0 Å². The van der Waals surface area contributed by atoms with E-state index < -0.39 is 0 Å². The zero-order valence-corrected chi connectivity index (χ0v) is 10.4. The van der Waals surface area contributed by atoms with Crippen LogP contribution in [0.25, 0.3) is 0 Å². The van der Waals surface area contributed by atoms with Gasteiger partial charge >= 0.3 is 0 Å². The molecular formula is C13H20N4. The van der Waals surface area contributed by atoms with Crippen molar-refractivity contribution < 1.29 is 0 Å². The van der Waals surface area contributed by atoms with Crippen molar-refractivity contribution in [1.82, 2.24) is 20.2 Å². The van der Waals surface area contributed by atoms with Crippen LogP contribution in [0.5, 0.6) is 0 Å². The second-order valence-electron chi connectivity index (χ2n) is 5.23. The summed E-state index contributed by atoms with van der Waals surface area (Å²) >= 11 is 0. The Morgan fingerprint density at radius 3 is 3.12 bits per heavy atom. The van der Waals surface area contributed by atoms with Crippen LogP contribution in [-0.2, 0) is 6.54 Å². The van der Waals surface area contributed by atoms with Crippen LogP contribution in [0.3, 0.4) is 0 Å². The Labute approximate surface area is 102 Å². The van der Waals surface area contributed by atoms with Gasteiger partial charge in [-0.2, -0.15) is 0 Å². The van der Waals surface area contributed by atoms with Gasteiger partial charge in [-0.15, -0.1) is 0 Å². The molecule has 1 N–H and O–H groups in total. The summed E-state index contributed by atoms with van der Waals surface area (Å²) in [5, 5.41) is 3.63. The van der Waals surface area contributed by atoms with E-state index in [0.29, 0.717) is 6.04 Å². The summed E-state index contributed by atoms with van der Waals surface area (Å²) in [6, 6.07) is 2.74. The van der Waals surface area contributed by atoms with E-state index >= 15 is 0 Å². The highest BCUT2D eigenvalue weighted by Crippen LogP contribution is 2.33. The molecule has 2 aliphatic rings. The zero-order chi connectivity index (χ0) is 11.7. The molecule has 1 saturated carbocycles. The van der Waals surface area contributed by atoms with Crippen LogP contribution >= 0.6 is 0 Å². The Morgan fingerprint density at radius 1 is 1.47 bits per heavy atom. The molecule has 1 aromatic rings. The molecule has 0 bridgehead atoms. The van der Waals surface area contributed by atoms with E-state index in [2.05, 4.69) is 20.2 Å². The molecule has 4 heteroatoms. The van der Waals surface area contributed by atoms with Crippen molar-refractivity contribution in [2.45, 2.75) is 32.4 Å². The molecule has 2 fully saturated rings. The molecule has 1 aliphatic carbocycles. The summed E-state index contributed by atoms with van der Waals surface area (Å²) < 4.78 is 0. The minimum absolute atomic E-state index is 0.715. The summed E-state index contributed by atoms with van der Waals surface area (Å²) in [6.07, 6.45) is 4.69. The predicted octanol–water partition coefficient (Wildman–Crippen LogP) is 0.969. The van der Waals surface area contributed by atoms with Crippen LogP contribution in [0, 0.1) is 12.8 Å². The van der Waals surface area contributed by atoms with Gasteiger partial charge in [0.15, 0.2) is 0 Å². The first kappa shape index (κ1) is 11.1. The number of aryl methyl sites for hydroxylation is 1. The lowest BCUT2D eigenvalue weighted by molar-refractivity contribution is 0.179. The molecule has 92 valence electrons. The summed E-state index contributed by atoms with van der Waals surface area (Å²) in [6.45, 7) is 6.34. The lowest BCUT2D eigenvalue weighted by Gasteiger charge is -2.33. The minimum atomic E-state index is 0.715. The lowest BCUT2D eigenvalue weighted by Crippen LogP contribution is -2.51. The quantitative estimate of drug-likeness (QED) is 0.843. The van der Waals surface area contributed by atoms with E-state index in [4.69, 9.17) is 0 Å². The fourth-order valence-corrected chi connectivity index (χ4v) is 2.62. The van der Waals surface area contributed by atoms with Crippen molar-refractivity contribution in [3.05, 3.63) is 23.8 Å². The third-order valence-electron chi connectivity index (χ3n) is 3.70. The Bertz CT molecular complexity index is 389. The molecule has 1 atom stereocenters. The van der Waals surface area contributed by atoms with Crippen molar-refractivity contribution in [2.24, 2.45) is 5.92 Å².